The highest BCUT2D eigenvalue weighted by Crippen LogP contribution is 2.26. The number of benzene rings is 1. The first kappa shape index (κ1) is 15.2. The van der Waals surface area contributed by atoms with Crippen molar-refractivity contribution in [3.8, 4) is 5.75 Å². The van der Waals surface area contributed by atoms with Gasteiger partial charge in [0.15, 0.2) is 0 Å². The maximum Gasteiger partial charge on any atom is 0.275 e. The standard InChI is InChI=1S/C13H20N2O4/c1-3-18-7-5-6-14-11-8-12(15(16)17)10-13(9-11)19-4-2/h8-10,14H,3-7H2,1-2H3. The van der Waals surface area contributed by atoms with Crippen molar-refractivity contribution in [3.63, 3.8) is 0 Å². The highest BCUT2D eigenvalue weighted by molar-refractivity contribution is 5.56. The maximum atomic E-state index is 10.8. The number of nitro groups is 1. The fourth-order valence-corrected chi connectivity index (χ4v) is 1.59. The summed E-state index contributed by atoms with van der Waals surface area (Å²) in [6.07, 6.45) is 0.848. The number of ether oxygens (including phenoxy) is 2. The number of rotatable bonds is 9. The minimum Gasteiger partial charge on any atom is -0.494 e. The van der Waals surface area contributed by atoms with Gasteiger partial charge in [0, 0.05) is 37.6 Å². The molecular weight excluding hydrogens is 248 g/mol. The molecule has 0 aliphatic rings. The van der Waals surface area contributed by atoms with Gasteiger partial charge in [0.05, 0.1) is 17.6 Å². The van der Waals surface area contributed by atoms with Crippen LogP contribution in [0.2, 0.25) is 0 Å². The average molecular weight is 268 g/mol. The lowest BCUT2D eigenvalue weighted by atomic mass is 10.2. The molecule has 1 aromatic rings. The Morgan fingerprint density at radius 3 is 2.68 bits per heavy atom. The molecule has 0 spiro atoms. The topological polar surface area (TPSA) is 73.6 Å². The Hall–Kier alpha value is -1.82. The largest absolute Gasteiger partial charge is 0.494 e. The van der Waals surface area contributed by atoms with E-state index in [1.807, 2.05) is 13.8 Å². The molecule has 1 aromatic carbocycles. The molecule has 1 rings (SSSR count). The highest BCUT2D eigenvalue weighted by Gasteiger charge is 2.10. The first-order valence-corrected chi connectivity index (χ1v) is 6.41. The average Bonchev–Trinajstić information content (AvgIpc) is 2.38. The van der Waals surface area contributed by atoms with Gasteiger partial charge in [-0.3, -0.25) is 10.1 Å². The van der Waals surface area contributed by atoms with Gasteiger partial charge in [0.25, 0.3) is 5.69 Å². The van der Waals surface area contributed by atoms with Crippen molar-refractivity contribution in [1.29, 1.82) is 0 Å². The van der Waals surface area contributed by atoms with Crippen LogP contribution in [-0.4, -0.2) is 31.3 Å². The van der Waals surface area contributed by atoms with Gasteiger partial charge < -0.3 is 14.8 Å². The minimum absolute atomic E-state index is 0.0262. The van der Waals surface area contributed by atoms with E-state index >= 15 is 0 Å². The predicted molar refractivity (Wildman–Crippen MR) is 73.9 cm³/mol. The smallest absolute Gasteiger partial charge is 0.275 e. The van der Waals surface area contributed by atoms with Crippen LogP contribution in [0.5, 0.6) is 5.75 Å². The van der Waals surface area contributed by atoms with E-state index in [-0.39, 0.29) is 5.69 Å². The maximum absolute atomic E-state index is 10.8. The van der Waals surface area contributed by atoms with Crippen LogP contribution in [0.1, 0.15) is 20.3 Å². The van der Waals surface area contributed by atoms with Crippen molar-refractivity contribution >= 4 is 11.4 Å². The Kier molecular flexibility index (Phi) is 6.67. The summed E-state index contributed by atoms with van der Waals surface area (Å²) in [4.78, 5) is 10.4. The van der Waals surface area contributed by atoms with Crippen molar-refractivity contribution in [2.24, 2.45) is 0 Å². The molecule has 0 amide bonds. The number of hydrogen-bond acceptors (Lipinski definition) is 5. The van der Waals surface area contributed by atoms with Crippen LogP contribution < -0.4 is 10.1 Å². The molecule has 0 atom stereocenters. The summed E-state index contributed by atoms with van der Waals surface area (Å²) >= 11 is 0. The van der Waals surface area contributed by atoms with Crippen LogP contribution in [0.4, 0.5) is 11.4 Å². The summed E-state index contributed by atoms with van der Waals surface area (Å²) in [5.41, 5.74) is 0.715. The van der Waals surface area contributed by atoms with E-state index in [1.54, 1.807) is 6.07 Å². The van der Waals surface area contributed by atoms with Gasteiger partial charge in [-0.05, 0) is 20.3 Å². The van der Waals surface area contributed by atoms with E-state index < -0.39 is 4.92 Å². The molecule has 0 bridgehead atoms. The van der Waals surface area contributed by atoms with Crippen LogP contribution >= 0.6 is 0 Å². The van der Waals surface area contributed by atoms with Gasteiger partial charge in [0.1, 0.15) is 5.75 Å². The van der Waals surface area contributed by atoms with Crippen molar-refractivity contribution in [2.75, 3.05) is 31.7 Å². The molecule has 0 aromatic heterocycles. The first-order chi connectivity index (χ1) is 9.17. The molecule has 1 N–H and O–H groups in total. The van der Waals surface area contributed by atoms with Gasteiger partial charge in [-0.25, -0.2) is 0 Å². The Morgan fingerprint density at radius 2 is 2.05 bits per heavy atom. The fourth-order valence-electron chi connectivity index (χ4n) is 1.59. The lowest BCUT2D eigenvalue weighted by molar-refractivity contribution is -0.384. The lowest BCUT2D eigenvalue weighted by Gasteiger charge is -2.09. The number of nitrogens with one attached hydrogen (secondary N) is 1. The summed E-state index contributed by atoms with van der Waals surface area (Å²) < 4.78 is 10.5. The third kappa shape index (κ3) is 5.56. The van der Waals surface area contributed by atoms with E-state index in [4.69, 9.17) is 9.47 Å². The number of non-ortho nitro benzene ring substituents is 1. The third-order valence-electron chi connectivity index (χ3n) is 2.41. The molecule has 0 saturated carbocycles. The molecule has 6 nitrogen and oxygen atoms in total. The van der Waals surface area contributed by atoms with Crippen molar-refractivity contribution in [3.05, 3.63) is 28.3 Å². The van der Waals surface area contributed by atoms with Gasteiger partial charge in [-0.15, -0.1) is 0 Å². The molecule has 0 saturated heterocycles. The second kappa shape index (κ2) is 8.31. The van der Waals surface area contributed by atoms with Gasteiger partial charge in [-0.1, -0.05) is 0 Å². The van der Waals surface area contributed by atoms with Gasteiger partial charge in [-0.2, -0.15) is 0 Å². The Bertz CT molecular complexity index is 410. The van der Waals surface area contributed by atoms with E-state index in [0.29, 0.717) is 37.8 Å². The van der Waals surface area contributed by atoms with Crippen LogP contribution in [-0.2, 0) is 4.74 Å². The van der Waals surface area contributed by atoms with Gasteiger partial charge in [0.2, 0.25) is 0 Å². The zero-order valence-electron chi connectivity index (χ0n) is 11.3. The van der Waals surface area contributed by atoms with Crippen LogP contribution in [0.15, 0.2) is 18.2 Å². The monoisotopic (exact) mass is 268 g/mol. The molecule has 0 aliphatic heterocycles. The molecular formula is C13H20N2O4. The van der Waals surface area contributed by atoms with Crippen molar-refractivity contribution in [2.45, 2.75) is 20.3 Å². The molecule has 19 heavy (non-hydrogen) atoms. The quantitative estimate of drug-likeness (QED) is 0.423. The zero-order chi connectivity index (χ0) is 14.1. The van der Waals surface area contributed by atoms with E-state index in [0.717, 1.165) is 6.42 Å². The first-order valence-electron chi connectivity index (χ1n) is 6.41. The number of hydrogen-bond donors (Lipinski definition) is 1. The summed E-state index contributed by atoms with van der Waals surface area (Å²) in [6, 6.07) is 4.69. The zero-order valence-corrected chi connectivity index (χ0v) is 11.3. The SMILES string of the molecule is CCOCCCNc1cc(OCC)cc([N+](=O)[O-])c1. The van der Waals surface area contributed by atoms with Crippen LogP contribution in [0, 0.1) is 10.1 Å². The molecule has 0 radical (unpaired) electrons. The molecule has 0 unspecified atom stereocenters. The van der Waals surface area contributed by atoms with E-state index in [1.165, 1.54) is 12.1 Å². The highest BCUT2D eigenvalue weighted by atomic mass is 16.6. The fraction of sp³-hybridized carbons (Fsp3) is 0.538. The Labute approximate surface area is 112 Å². The Balaban J connectivity index is 2.62. The lowest BCUT2D eigenvalue weighted by Crippen LogP contribution is -2.06. The van der Waals surface area contributed by atoms with Crippen molar-refractivity contribution < 1.29 is 14.4 Å². The minimum atomic E-state index is -0.423. The summed E-state index contributed by atoms with van der Waals surface area (Å²) in [7, 11) is 0. The van der Waals surface area contributed by atoms with Crippen molar-refractivity contribution in [1.82, 2.24) is 0 Å². The third-order valence-corrected chi connectivity index (χ3v) is 2.41. The number of nitrogens with zero attached hydrogens (tertiary/aromatic N) is 1. The van der Waals surface area contributed by atoms with Crippen LogP contribution in [0.25, 0.3) is 0 Å². The number of anilines is 1. The molecule has 0 fully saturated rings. The summed E-state index contributed by atoms with van der Waals surface area (Å²) in [5.74, 6) is 0.504. The summed E-state index contributed by atoms with van der Waals surface area (Å²) in [6.45, 7) is 6.34. The van der Waals surface area contributed by atoms with E-state index in [9.17, 15) is 10.1 Å². The Morgan fingerprint density at radius 1 is 1.26 bits per heavy atom. The predicted octanol–water partition coefficient (Wildman–Crippen LogP) is 2.83. The van der Waals surface area contributed by atoms with Crippen LogP contribution in [0.3, 0.4) is 0 Å². The number of nitro benzene ring substituents is 1. The molecule has 0 heterocycles. The second-order valence-corrected chi connectivity index (χ2v) is 3.88. The second-order valence-electron chi connectivity index (χ2n) is 3.88. The molecule has 0 aliphatic carbocycles. The van der Waals surface area contributed by atoms with Gasteiger partial charge >= 0.3 is 0 Å². The summed E-state index contributed by atoms with van der Waals surface area (Å²) in [5, 5.41) is 14.0. The van der Waals surface area contributed by atoms with E-state index in [2.05, 4.69) is 5.32 Å². The normalized spacial score (nSPS) is 10.2. The molecule has 106 valence electrons. The molecule has 6 heteroatoms.